The minimum atomic E-state index is -0.0282. The molecule has 0 saturated heterocycles. The number of nitrogens with one attached hydrogen (secondary N) is 1. The van der Waals surface area contributed by atoms with Gasteiger partial charge in [-0.15, -0.1) is 11.8 Å². The van der Waals surface area contributed by atoms with Gasteiger partial charge in [-0.05, 0) is 36.5 Å². The SMILES string of the molecule is CCc1cccc(C)c1NC(=O)C(CC)SCc1ccccc1. The van der Waals surface area contributed by atoms with Gasteiger partial charge >= 0.3 is 0 Å². The number of para-hydroxylation sites is 1. The van der Waals surface area contributed by atoms with E-state index in [-0.39, 0.29) is 11.2 Å². The van der Waals surface area contributed by atoms with Crippen LogP contribution in [0.15, 0.2) is 48.5 Å². The molecule has 122 valence electrons. The first kappa shape index (κ1) is 17.6. The van der Waals surface area contributed by atoms with Crippen LogP contribution in [0, 0.1) is 6.92 Å². The van der Waals surface area contributed by atoms with Gasteiger partial charge in [0, 0.05) is 11.4 Å². The highest BCUT2D eigenvalue weighted by Gasteiger charge is 2.18. The first-order valence-electron chi connectivity index (χ1n) is 8.20. The number of rotatable bonds is 7. The van der Waals surface area contributed by atoms with Crippen molar-refractivity contribution < 1.29 is 4.79 Å². The molecule has 1 atom stereocenters. The summed E-state index contributed by atoms with van der Waals surface area (Å²) in [6.07, 6.45) is 1.75. The Morgan fingerprint density at radius 3 is 2.48 bits per heavy atom. The Labute approximate surface area is 143 Å². The number of thioether (sulfide) groups is 1. The van der Waals surface area contributed by atoms with Gasteiger partial charge in [0.15, 0.2) is 0 Å². The van der Waals surface area contributed by atoms with Crippen LogP contribution >= 0.6 is 11.8 Å². The van der Waals surface area contributed by atoms with E-state index in [4.69, 9.17) is 0 Å². The highest BCUT2D eigenvalue weighted by Crippen LogP contribution is 2.25. The molecule has 0 fully saturated rings. The van der Waals surface area contributed by atoms with Crippen LogP contribution in [0.1, 0.15) is 37.0 Å². The third-order valence-corrected chi connectivity index (χ3v) is 5.40. The molecular formula is C20H25NOS. The van der Waals surface area contributed by atoms with Crippen LogP contribution in [0.5, 0.6) is 0 Å². The number of benzene rings is 2. The van der Waals surface area contributed by atoms with Gasteiger partial charge in [-0.3, -0.25) is 4.79 Å². The Balaban J connectivity index is 2.03. The van der Waals surface area contributed by atoms with Gasteiger partial charge in [-0.2, -0.15) is 0 Å². The summed E-state index contributed by atoms with van der Waals surface area (Å²) in [5.41, 5.74) is 4.56. The summed E-state index contributed by atoms with van der Waals surface area (Å²) >= 11 is 1.71. The molecule has 0 spiro atoms. The maximum atomic E-state index is 12.7. The van der Waals surface area contributed by atoms with Crippen LogP contribution in [0.3, 0.4) is 0 Å². The average molecular weight is 327 g/mol. The lowest BCUT2D eigenvalue weighted by atomic mass is 10.1. The van der Waals surface area contributed by atoms with Crippen molar-refractivity contribution in [2.75, 3.05) is 5.32 Å². The average Bonchev–Trinajstić information content (AvgIpc) is 2.58. The van der Waals surface area contributed by atoms with E-state index in [0.717, 1.165) is 29.8 Å². The molecule has 0 bridgehead atoms. The molecule has 1 N–H and O–H groups in total. The van der Waals surface area contributed by atoms with E-state index in [0.29, 0.717) is 0 Å². The number of carbonyl (C=O) groups is 1. The highest BCUT2D eigenvalue weighted by molar-refractivity contribution is 7.99. The summed E-state index contributed by atoms with van der Waals surface area (Å²) in [7, 11) is 0. The van der Waals surface area contributed by atoms with Gasteiger partial charge in [0.25, 0.3) is 0 Å². The second-order valence-electron chi connectivity index (χ2n) is 5.65. The largest absolute Gasteiger partial charge is 0.325 e. The van der Waals surface area contributed by atoms with Crippen molar-refractivity contribution in [1.29, 1.82) is 0 Å². The monoisotopic (exact) mass is 327 g/mol. The molecule has 23 heavy (non-hydrogen) atoms. The number of hydrogen-bond donors (Lipinski definition) is 1. The second-order valence-corrected chi connectivity index (χ2v) is 6.84. The molecule has 0 saturated carbocycles. The molecule has 1 amide bonds. The van der Waals surface area contributed by atoms with Crippen molar-refractivity contribution in [3.8, 4) is 0 Å². The molecule has 0 aliphatic carbocycles. The van der Waals surface area contributed by atoms with Crippen molar-refractivity contribution >= 4 is 23.4 Å². The summed E-state index contributed by atoms with van der Waals surface area (Å²) in [6.45, 7) is 6.24. The minimum absolute atomic E-state index is 0.0282. The van der Waals surface area contributed by atoms with E-state index in [1.165, 1.54) is 11.1 Å². The Hall–Kier alpha value is -1.74. The zero-order valence-electron chi connectivity index (χ0n) is 14.1. The lowest BCUT2D eigenvalue weighted by Crippen LogP contribution is -2.25. The number of amides is 1. The van der Waals surface area contributed by atoms with Crippen molar-refractivity contribution in [2.24, 2.45) is 0 Å². The minimum Gasteiger partial charge on any atom is -0.325 e. The van der Waals surface area contributed by atoms with Gasteiger partial charge in [-0.1, -0.05) is 62.4 Å². The lowest BCUT2D eigenvalue weighted by Gasteiger charge is -2.18. The Kier molecular flexibility index (Phi) is 6.72. The van der Waals surface area contributed by atoms with Crippen LogP contribution < -0.4 is 5.32 Å². The standard InChI is InChI=1S/C20H25NOS/c1-4-17-13-9-10-15(3)19(17)21-20(22)18(5-2)23-14-16-11-7-6-8-12-16/h6-13,18H,4-5,14H2,1-3H3,(H,21,22). The molecule has 1 unspecified atom stereocenters. The predicted molar refractivity (Wildman–Crippen MR) is 101 cm³/mol. The summed E-state index contributed by atoms with van der Waals surface area (Å²) < 4.78 is 0. The molecule has 0 aliphatic rings. The fourth-order valence-corrected chi connectivity index (χ4v) is 3.59. The smallest absolute Gasteiger partial charge is 0.237 e. The van der Waals surface area contributed by atoms with E-state index in [1.807, 2.05) is 37.3 Å². The maximum Gasteiger partial charge on any atom is 0.237 e. The Morgan fingerprint density at radius 1 is 1.09 bits per heavy atom. The summed E-state index contributed by atoms with van der Waals surface area (Å²) in [6, 6.07) is 16.5. The number of anilines is 1. The van der Waals surface area contributed by atoms with Crippen molar-refractivity contribution in [1.82, 2.24) is 0 Å². The van der Waals surface area contributed by atoms with Gasteiger partial charge in [0.1, 0.15) is 0 Å². The first-order chi connectivity index (χ1) is 11.2. The fourth-order valence-electron chi connectivity index (χ4n) is 2.56. The highest BCUT2D eigenvalue weighted by atomic mass is 32.2. The number of aryl methyl sites for hydroxylation is 2. The van der Waals surface area contributed by atoms with Gasteiger partial charge in [-0.25, -0.2) is 0 Å². The molecule has 0 radical (unpaired) electrons. The van der Waals surface area contributed by atoms with E-state index in [9.17, 15) is 4.79 Å². The van der Waals surface area contributed by atoms with Crippen LogP contribution in [-0.2, 0) is 17.0 Å². The zero-order chi connectivity index (χ0) is 16.7. The number of hydrogen-bond acceptors (Lipinski definition) is 2. The van der Waals surface area contributed by atoms with E-state index >= 15 is 0 Å². The summed E-state index contributed by atoms with van der Waals surface area (Å²) in [5, 5.41) is 3.13. The third-order valence-electron chi connectivity index (χ3n) is 3.95. The van der Waals surface area contributed by atoms with Crippen molar-refractivity contribution in [3.05, 3.63) is 65.2 Å². The van der Waals surface area contributed by atoms with Gasteiger partial charge in [0.2, 0.25) is 5.91 Å². The van der Waals surface area contributed by atoms with Crippen LogP contribution in [-0.4, -0.2) is 11.2 Å². The lowest BCUT2D eigenvalue weighted by molar-refractivity contribution is -0.115. The number of carbonyl (C=O) groups excluding carboxylic acids is 1. The summed E-state index contributed by atoms with van der Waals surface area (Å²) in [4.78, 5) is 12.7. The van der Waals surface area contributed by atoms with E-state index < -0.39 is 0 Å². The fraction of sp³-hybridized carbons (Fsp3) is 0.350. The topological polar surface area (TPSA) is 29.1 Å². The van der Waals surface area contributed by atoms with Gasteiger partial charge < -0.3 is 5.32 Å². The Bertz CT molecular complexity index is 639. The van der Waals surface area contributed by atoms with Crippen LogP contribution in [0.2, 0.25) is 0 Å². The van der Waals surface area contributed by atoms with E-state index in [1.54, 1.807) is 11.8 Å². The van der Waals surface area contributed by atoms with Crippen molar-refractivity contribution in [3.63, 3.8) is 0 Å². The molecule has 2 aromatic rings. The van der Waals surface area contributed by atoms with Crippen LogP contribution in [0.4, 0.5) is 5.69 Å². The molecule has 3 heteroatoms. The quantitative estimate of drug-likeness (QED) is 0.756. The van der Waals surface area contributed by atoms with Crippen molar-refractivity contribution in [2.45, 2.75) is 44.6 Å². The first-order valence-corrected chi connectivity index (χ1v) is 9.25. The maximum absolute atomic E-state index is 12.7. The summed E-state index contributed by atoms with van der Waals surface area (Å²) in [5.74, 6) is 0.971. The molecule has 2 aromatic carbocycles. The predicted octanol–water partition coefficient (Wildman–Crippen LogP) is 5.21. The zero-order valence-corrected chi connectivity index (χ0v) is 15.0. The molecule has 0 heterocycles. The Morgan fingerprint density at radius 2 is 1.83 bits per heavy atom. The molecule has 0 aromatic heterocycles. The third kappa shape index (κ3) is 4.87. The molecular weight excluding hydrogens is 302 g/mol. The van der Waals surface area contributed by atoms with E-state index in [2.05, 4.69) is 37.4 Å². The molecule has 2 nitrogen and oxygen atoms in total. The normalized spacial score (nSPS) is 12.0. The van der Waals surface area contributed by atoms with Gasteiger partial charge in [0.05, 0.1) is 5.25 Å². The van der Waals surface area contributed by atoms with Crippen LogP contribution in [0.25, 0.3) is 0 Å². The molecule has 0 aliphatic heterocycles. The molecule has 2 rings (SSSR count). The second kappa shape index (κ2) is 8.78.